The van der Waals surface area contributed by atoms with Gasteiger partial charge in [-0.05, 0) is 38.2 Å². The number of fused-ring (bicyclic) bond motifs is 1. The molecule has 6 nitrogen and oxygen atoms in total. The highest BCUT2D eigenvalue weighted by Gasteiger charge is 2.18. The van der Waals surface area contributed by atoms with Crippen molar-refractivity contribution in [3.63, 3.8) is 0 Å². The molecule has 0 N–H and O–H groups in total. The third kappa shape index (κ3) is 3.80. The summed E-state index contributed by atoms with van der Waals surface area (Å²) in [6.45, 7) is 8.45. The standard InChI is InChI=1S/C17H19N5OSi/c1-12-6-5-7-14(23-24(2,3)4)16(12)21-11-15-20-10-13-17(22-15)19-9-8-18-13/h5-11H,1-4H3/b21-11-. The molecule has 122 valence electrons. The summed E-state index contributed by atoms with van der Waals surface area (Å²) in [6.07, 6.45) is 6.51. The average Bonchev–Trinajstić information content (AvgIpc) is 2.53. The van der Waals surface area contributed by atoms with Gasteiger partial charge in [0.15, 0.2) is 11.5 Å². The van der Waals surface area contributed by atoms with Crippen LogP contribution in [-0.2, 0) is 0 Å². The zero-order chi connectivity index (χ0) is 17.2. The Kier molecular flexibility index (Phi) is 4.35. The SMILES string of the molecule is Cc1cccc(O[Si](C)(C)C)c1/N=C\c1ncc2nccnc2n1. The predicted molar refractivity (Wildman–Crippen MR) is 97.5 cm³/mol. The minimum Gasteiger partial charge on any atom is -0.543 e. The minimum atomic E-state index is -1.72. The lowest BCUT2D eigenvalue weighted by Gasteiger charge is -2.21. The lowest BCUT2D eigenvalue weighted by atomic mass is 10.2. The first-order chi connectivity index (χ1) is 11.4. The van der Waals surface area contributed by atoms with Gasteiger partial charge in [-0.3, -0.25) is 0 Å². The number of nitrogens with zero attached hydrogens (tertiary/aromatic N) is 5. The highest BCUT2D eigenvalue weighted by atomic mass is 28.4. The van der Waals surface area contributed by atoms with Gasteiger partial charge in [-0.2, -0.15) is 0 Å². The van der Waals surface area contributed by atoms with Gasteiger partial charge in [0, 0.05) is 12.4 Å². The van der Waals surface area contributed by atoms with Crippen LogP contribution in [0.3, 0.4) is 0 Å². The lowest BCUT2D eigenvalue weighted by molar-refractivity contribution is 0.558. The van der Waals surface area contributed by atoms with Crippen molar-refractivity contribution in [3.8, 4) is 5.75 Å². The summed E-state index contributed by atoms with van der Waals surface area (Å²) in [4.78, 5) is 21.5. The number of aromatic nitrogens is 4. The molecular formula is C17H19N5OSi. The second kappa shape index (κ2) is 6.44. The topological polar surface area (TPSA) is 73.2 Å². The van der Waals surface area contributed by atoms with Crippen LogP contribution in [0.25, 0.3) is 11.2 Å². The molecule has 7 heteroatoms. The van der Waals surface area contributed by atoms with Crippen molar-refractivity contribution in [2.24, 2.45) is 4.99 Å². The molecule has 3 aromatic rings. The first-order valence-electron chi connectivity index (χ1n) is 7.69. The fraction of sp³-hybridized carbons (Fsp3) is 0.235. The van der Waals surface area contributed by atoms with Crippen molar-refractivity contribution in [2.45, 2.75) is 26.6 Å². The summed E-state index contributed by atoms with van der Waals surface area (Å²) in [5.41, 5.74) is 3.07. The maximum atomic E-state index is 6.13. The van der Waals surface area contributed by atoms with Crippen LogP contribution in [0.1, 0.15) is 11.4 Å². The fourth-order valence-electron chi connectivity index (χ4n) is 2.18. The number of aryl methyl sites for hydroxylation is 1. The summed E-state index contributed by atoms with van der Waals surface area (Å²) in [6, 6.07) is 5.94. The predicted octanol–water partition coefficient (Wildman–Crippen LogP) is 3.69. The van der Waals surface area contributed by atoms with E-state index >= 15 is 0 Å². The average molecular weight is 337 g/mol. The van der Waals surface area contributed by atoms with Gasteiger partial charge in [-0.15, -0.1) is 0 Å². The molecule has 0 unspecified atom stereocenters. The first kappa shape index (κ1) is 16.2. The maximum Gasteiger partial charge on any atom is 0.242 e. The van der Waals surface area contributed by atoms with Gasteiger partial charge in [0.05, 0.1) is 12.4 Å². The normalized spacial score (nSPS) is 12.0. The second-order valence-electron chi connectivity index (χ2n) is 6.39. The molecule has 0 saturated carbocycles. The summed E-state index contributed by atoms with van der Waals surface area (Å²) in [5.74, 6) is 1.29. The number of aliphatic imine (C=N–C) groups is 1. The highest BCUT2D eigenvalue weighted by Crippen LogP contribution is 2.32. The van der Waals surface area contributed by atoms with Crippen molar-refractivity contribution >= 4 is 31.4 Å². The van der Waals surface area contributed by atoms with Gasteiger partial charge >= 0.3 is 0 Å². The van der Waals surface area contributed by atoms with Crippen LogP contribution in [-0.4, -0.2) is 34.5 Å². The molecule has 3 rings (SSSR count). The van der Waals surface area contributed by atoms with E-state index in [4.69, 9.17) is 4.43 Å². The molecule has 0 bridgehead atoms. The van der Waals surface area contributed by atoms with Crippen molar-refractivity contribution < 1.29 is 4.43 Å². The lowest BCUT2D eigenvalue weighted by Crippen LogP contribution is -2.29. The summed E-state index contributed by atoms with van der Waals surface area (Å²) < 4.78 is 6.13. The molecule has 0 aliphatic heterocycles. The molecule has 0 radical (unpaired) electrons. The zero-order valence-corrected chi connectivity index (χ0v) is 15.2. The molecular weight excluding hydrogens is 318 g/mol. The van der Waals surface area contributed by atoms with Crippen LogP contribution in [0.15, 0.2) is 41.8 Å². The van der Waals surface area contributed by atoms with E-state index in [-0.39, 0.29) is 0 Å². The monoisotopic (exact) mass is 337 g/mol. The van der Waals surface area contributed by atoms with Crippen molar-refractivity contribution in [1.82, 2.24) is 19.9 Å². The number of hydrogen-bond acceptors (Lipinski definition) is 6. The van der Waals surface area contributed by atoms with Crippen LogP contribution < -0.4 is 4.43 Å². The second-order valence-corrected chi connectivity index (χ2v) is 10.8. The first-order valence-corrected chi connectivity index (χ1v) is 11.1. The Labute approximate surface area is 141 Å². The van der Waals surface area contributed by atoms with Gasteiger partial charge in [0.1, 0.15) is 17.0 Å². The number of benzene rings is 1. The molecule has 0 saturated heterocycles. The number of rotatable bonds is 4. The fourth-order valence-corrected chi connectivity index (χ4v) is 3.00. The molecule has 2 heterocycles. The molecule has 2 aromatic heterocycles. The van der Waals surface area contributed by atoms with Crippen molar-refractivity contribution in [1.29, 1.82) is 0 Å². The number of hydrogen-bond donors (Lipinski definition) is 0. The zero-order valence-electron chi connectivity index (χ0n) is 14.2. The quantitative estimate of drug-likeness (QED) is 0.536. The number of para-hydroxylation sites is 1. The Balaban J connectivity index is 1.95. The molecule has 0 aliphatic carbocycles. The summed E-state index contributed by atoms with van der Waals surface area (Å²) >= 11 is 0. The van der Waals surface area contributed by atoms with E-state index in [9.17, 15) is 0 Å². The molecule has 0 spiro atoms. The van der Waals surface area contributed by atoms with Gasteiger partial charge in [0.25, 0.3) is 0 Å². The molecule has 24 heavy (non-hydrogen) atoms. The van der Waals surface area contributed by atoms with Crippen LogP contribution in [0.4, 0.5) is 5.69 Å². The van der Waals surface area contributed by atoms with E-state index in [1.165, 1.54) is 0 Å². The van der Waals surface area contributed by atoms with E-state index in [1.807, 2.05) is 25.1 Å². The van der Waals surface area contributed by atoms with Gasteiger partial charge < -0.3 is 4.43 Å². The van der Waals surface area contributed by atoms with Crippen molar-refractivity contribution in [2.75, 3.05) is 0 Å². The Hall–Kier alpha value is -2.67. The molecule has 0 atom stereocenters. The highest BCUT2D eigenvalue weighted by molar-refractivity contribution is 6.70. The molecule has 0 aliphatic rings. The van der Waals surface area contributed by atoms with Crippen LogP contribution >= 0.6 is 0 Å². The Morgan fingerprint density at radius 1 is 1.08 bits per heavy atom. The van der Waals surface area contributed by atoms with E-state index < -0.39 is 8.32 Å². The smallest absolute Gasteiger partial charge is 0.242 e. The third-order valence-electron chi connectivity index (χ3n) is 3.17. The molecule has 0 fully saturated rings. The van der Waals surface area contributed by atoms with E-state index in [2.05, 4.69) is 44.6 Å². The minimum absolute atomic E-state index is 0.491. The van der Waals surface area contributed by atoms with Crippen molar-refractivity contribution in [3.05, 3.63) is 48.2 Å². The molecule has 1 aromatic carbocycles. The van der Waals surface area contributed by atoms with Gasteiger partial charge in [0.2, 0.25) is 8.32 Å². The van der Waals surface area contributed by atoms with Gasteiger partial charge in [-0.1, -0.05) is 12.1 Å². The third-order valence-corrected chi connectivity index (χ3v) is 4.00. The maximum absolute atomic E-state index is 6.13. The Morgan fingerprint density at radius 3 is 2.67 bits per heavy atom. The van der Waals surface area contributed by atoms with Gasteiger partial charge in [-0.25, -0.2) is 24.9 Å². The Bertz CT molecular complexity index is 905. The van der Waals surface area contributed by atoms with E-state index in [1.54, 1.807) is 24.8 Å². The van der Waals surface area contributed by atoms with E-state index in [0.717, 1.165) is 17.0 Å². The molecule has 0 amide bonds. The summed E-state index contributed by atoms with van der Waals surface area (Å²) in [7, 11) is -1.72. The van der Waals surface area contributed by atoms with Crippen LogP contribution in [0.5, 0.6) is 5.75 Å². The Morgan fingerprint density at radius 2 is 1.88 bits per heavy atom. The van der Waals surface area contributed by atoms with E-state index in [0.29, 0.717) is 17.0 Å². The van der Waals surface area contributed by atoms with Crippen LogP contribution in [0, 0.1) is 6.92 Å². The summed E-state index contributed by atoms with van der Waals surface area (Å²) in [5, 5.41) is 0. The largest absolute Gasteiger partial charge is 0.543 e. The van der Waals surface area contributed by atoms with Crippen LogP contribution in [0.2, 0.25) is 19.6 Å².